The van der Waals surface area contributed by atoms with Gasteiger partial charge >= 0.3 is 0 Å². The van der Waals surface area contributed by atoms with Crippen LogP contribution in [0.25, 0.3) is 10.2 Å². The Morgan fingerprint density at radius 2 is 1.84 bits per heavy atom. The number of anilines is 4. The second kappa shape index (κ2) is 11.3. The molecule has 0 atom stereocenters. The van der Waals surface area contributed by atoms with Crippen molar-refractivity contribution >= 4 is 73.5 Å². The van der Waals surface area contributed by atoms with Crippen molar-refractivity contribution in [1.82, 2.24) is 14.9 Å². The lowest BCUT2D eigenvalue weighted by Crippen LogP contribution is -2.46. The zero-order valence-corrected chi connectivity index (χ0v) is 23.7. The molecular weight excluding hydrogens is 543 g/mol. The standard InChI is InChI=1S/C27H28Cl2N6O2S/c1-4-34-9-11-35(12-10-34)18-7-5-17(6-8-18)32-26-25-23(30-15-31-26)19(14-38-25)27(36)33-24-21(28)16(2)13-20(37-3)22(24)29/h5-8,13-15H,4,9-12H2,1-3H3,(H,33,36)(H,30,31,32). The Morgan fingerprint density at radius 1 is 1.11 bits per heavy atom. The average Bonchev–Trinajstić information content (AvgIpc) is 3.39. The molecule has 11 heteroatoms. The Hall–Kier alpha value is -3.11. The quantitative estimate of drug-likeness (QED) is 0.264. The largest absolute Gasteiger partial charge is 0.495 e. The van der Waals surface area contributed by atoms with Crippen LogP contribution in [0, 0.1) is 6.92 Å². The molecule has 3 heterocycles. The highest BCUT2D eigenvalue weighted by Gasteiger charge is 2.21. The smallest absolute Gasteiger partial charge is 0.258 e. The van der Waals surface area contributed by atoms with Gasteiger partial charge in [0.05, 0.1) is 33.6 Å². The van der Waals surface area contributed by atoms with E-state index in [0.717, 1.165) is 48.7 Å². The fraction of sp³-hybridized carbons (Fsp3) is 0.296. The molecule has 0 aliphatic carbocycles. The van der Waals surface area contributed by atoms with Crippen LogP contribution in [-0.4, -0.2) is 60.6 Å². The monoisotopic (exact) mass is 570 g/mol. The lowest BCUT2D eigenvalue weighted by atomic mass is 10.2. The summed E-state index contributed by atoms with van der Waals surface area (Å²) in [6.07, 6.45) is 1.45. The van der Waals surface area contributed by atoms with Crippen LogP contribution in [0.5, 0.6) is 5.75 Å². The van der Waals surface area contributed by atoms with Crippen LogP contribution in [0.4, 0.5) is 22.9 Å². The number of nitrogens with one attached hydrogen (secondary N) is 2. The number of nitrogens with zero attached hydrogens (tertiary/aromatic N) is 4. The van der Waals surface area contributed by atoms with E-state index in [9.17, 15) is 4.79 Å². The van der Waals surface area contributed by atoms with Crippen LogP contribution in [0.3, 0.4) is 0 Å². The van der Waals surface area contributed by atoms with Gasteiger partial charge in [-0.1, -0.05) is 30.1 Å². The van der Waals surface area contributed by atoms with E-state index >= 15 is 0 Å². The minimum absolute atomic E-state index is 0.239. The predicted molar refractivity (Wildman–Crippen MR) is 157 cm³/mol. The number of halogens is 2. The van der Waals surface area contributed by atoms with Gasteiger partial charge in [0.1, 0.15) is 17.1 Å². The van der Waals surface area contributed by atoms with Gasteiger partial charge in [0.25, 0.3) is 5.91 Å². The number of carbonyl (C=O) groups is 1. The van der Waals surface area contributed by atoms with Crippen LogP contribution in [0.2, 0.25) is 10.0 Å². The summed E-state index contributed by atoms with van der Waals surface area (Å²) in [7, 11) is 1.51. The average molecular weight is 572 g/mol. The molecule has 8 nitrogen and oxygen atoms in total. The molecule has 0 spiro atoms. The summed E-state index contributed by atoms with van der Waals surface area (Å²) in [6.45, 7) is 9.34. The predicted octanol–water partition coefficient (Wildman–Crippen LogP) is 6.45. The van der Waals surface area contributed by atoms with E-state index in [4.69, 9.17) is 27.9 Å². The fourth-order valence-corrected chi connectivity index (χ4v) is 5.96. The second-order valence-electron chi connectivity index (χ2n) is 9.00. The summed E-state index contributed by atoms with van der Waals surface area (Å²) in [5.41, 5.74) is 4.11. The number of likely N-dealkylation sites (N-methyl/N-ethyl adjacent to an activating group) is 1. The normalized spacial score (nSPS) is 14.1. The molecule has 1 saturated heterocycles. The Morgan fingerprint density at radius 3 is 2.53 bits per heavy atom. The third kappa shape index (κ3) is 5.24. The second-order valence-corrected chi connectivity index (χ2v) is 10.6. The highest BCUT2D eigenvalue weighted by Crippen LogP contribution is 2.41. The van der Waals surface area contributed by atoms with E-state index < -0.39 is 0 Å². The molecule has 1 aliphatic heterocycles. The number of aryl methyl sites for hydroxylation is 1. The molecular formula is C27H28Cl2N6O2S. The number of methoxy groups -OCH3 is 1. The minimum atomic E-state index is -0.370. The third-order valence-corrected chi connectivity index (χ3v) is 8.56. The summed E-state index contributed by atoms with van der Waals surface area (Å²) in [4.78, 5) is 26.9. The Bertz CT molecular complexity index is 1470. The van der Waals surface area contributed by atoms with Gasteiger partial charge in [-0.25, -0.2) is 9.97 Å². The maximum Gasteiger partial charge on any atom is 0.258 e. The first-order valence-corrected chi connectivity index (χ1v) is 13.9. The van der Waals surface area contributed by atoms with E-state index in [-0.39, 0.29) is 10.9 Å². The molecule has 0 bridgehead atoms. The lowest BCUT2D eigenvalue weighted by molar-refractivity contribution is 0.102. The van der Waals surface area contributed by atoms with Gasteiger partial charge in [-0.15, -0.1) is 11.3 Å². The summed E-state index contributed by atoms with van der Waals surface area (Å²) < 4.78 is 6.09. The molecule has 2 aromatic carbocycles. The summed E-state index contributed by atoms with van der Waals surface area (Å²) in [5.74, 6) is 0.698. The van der Waals surface area contributed by atoms with Crippen molar-refractivity contribution in [2.75, 3.05) is 55.4 Å². The van der Waals surface area contributed by atoms with Crippen molar-refractivity contribution in [1.29, 1.82) is 0 Å². The van der Waals surface area contributed by atoms with E-state index in [2.05, 4.69) is 49.5 Å². The number of piperazine rings is 1. The van der Waals surface area contributed by atoms with Crippen molar-refractivity contribution < 1.29 is 9.53 Å². The number of hydrogen-bond donors (Lipinski definition) is 2. The van der Waals surface area contributed by atoms with Crippen molar-refractivity contribution in [2.45, 2.75) is 13.8 Å². The number of amides is 1. The van der Waals surface area contributed by atoms with E-state index in [1.54, 1.807) is 11.4 Å². The van der Waals surface area contributed by atoms with Gasteiger partial charge in [0.2, 0.25) is 0 Å². The molecule has 198 valence electrons. The summed E-state index contributed by atoms with van der Waals surface area (Å²) in [5, 5.41) is 8.57. The zero-order chi connectivity index (χ0) is 26.8. The van der Waals surface area contributed by atoms with Crippen LogP contribution in [-0.2, 0) is 0 Å². The molecule has 0 saturated carbocycles. The number of aromatic nitrogens is 2. The highest BCUT2D eigenvalue weighted by molar-refractivity contribution is 7.18. The van der Waals surface area contributed by atoms with Gasteiger partial charge in [-0.2, -0.15) is 0 Å². The van der Waals surface area contributed by atoms with Crippen molar-refractivity contribution in [3.8, 4) is 5.75 Å². The van der Waals surface area contributed by atoms with Crippen molar-refractivity contribution in [2.24, 2.45) is 0 Å². The van der Waals surface area contributed by atoms with Crippen molar-refractivity contribution in [3.05, 3.63) is 63.2 Å². The Labute approximate surface area is 235 Å². The fourth-order valence-electron chi connectivity index (χ4n) is 4.49. The van der Waals surface area contributed by atoms with Crippen LogP contribution in [0.1, 0.15) is 22.8 Å². The Balaban J connectivity index is 1.34. The SMILES string of the molecule is CCN1CCN(c2ccc(Nc3ncnc4c(C(=O)Nc5c(Cl)c(C)cc(OC)c5Cl)csc34)cc2)CC1. The number of thiophene rings is 1. The lowest BCUT2D eigenvalue weighted by Gasteiger charge is -2.35. The van der Waals surface area contributed by atoms with Gasteiger partial charge in [-0.05, 0) is 49.4 Å². The number of fused-ring (bicyclic) bond motifs is 1. The summed E-state index contributed by atoms with van der Waals surface area (Å²) >= 11 is 14.3. The molecule has 1 fully saturated rings. The van der Waals surface area contributed by atoms with Crippen LogP contribution >= 0.6 is 34.5 Å². The molecule has 2 aromatic heterocycles. The van der Waals surface area contributed by atoms with E-state index in [1.807, 2.05) is 19.1 Å². The van der Waals surface area contributed by atoms with Gasteiger partial charge in [0, 0.05) is 42.9 Å². The first kappa shape index (κ1) is 26.5. The molecule has 0 radical (unpaired) electrons. The molecule has 4 aromatic rings. The summed E-state index contributed by atoms with van der Waals surface area (Å²) in [6, 6.07) is 10.1. The molecule has 38 heavy (non-hydrogen) atoms. The molecule has 0 unspecified atom stereocenters. The van der Waals surface area contributed by atoms with E-state index in [1.165, 1.54) is 30.5 Å². The van der Waals surface area contributed by atoms with Gasteiger partial charge < -0.3 is 25.2 Å². The van der Waals surface area contributed by atoms with Gasteiger partial charge in [0.15, 0.2) is 5.82 Å². The first-order chi connectivity index (χ1) is 18.4. The maximum absolute atomic E-state index is 13.3. The highest BCUT2D eigenvalue weighted by atomic mass is 35.5. The van der Waals surface area contributed by atoms with Crippen LogP contribution in [0.15, 0.2) is 42.0 Å². The van der Waals surface area contributed by atoms with Crippen molar-refractivity contribution in [3.63, 3.8) is 0 Å². The maximum atomic E-state index is 13.3. The molecule has 1 amide bonds. The molecule has 2 N–H and O–H groups in total. The Kier molecular flexibility index (Phi) is 7.90. The minimum Gasteiger partial charge on any atom is -0.495 e. The number of hydrogen-bond acceptors (Lipinski definition) is 8. The molecule has 1 aliphatic rings. The number of carbonyl (C=O) groups excluding carboxylic acids is 1. The zero-order valence-electron chi connectivity index (χ0n) is 21.3. The molecule has 5 rings (SSSR count). The van der Waals surface area contributed by atoms with Crippen LogP contribution < -0.4 is 20.3 Å². The van der Waals surface area contributed by atoms with E-state index in [0.29, 0.717) is 33.4 Å². The number of benzene rings is 2. The number of ether oxygens (including phenoxy) is 1. The topological polar surface area (TPSA) is 82.6 Å². The number of rotatable bonds is 7. The van der Waals surface area contributed by atoms with Gasteiger partial charge in [-0.3, -0.25) is 4.79 Å². The third-order valence-electron chi connectivity index (χ3n) is 6.72. The first-order valence-electron chi connectivity index (χ1n) is 12.3.